The number of rotatable bonds is 3. The predicted molar refractivity (Wildman–Crippen MR) is 77.5 cm³/mol. The molecule has 5 heteroatoms. The van der Waals surface area contributed by atoms with E-state index in [1.165, 1.54) is 0 Å². The fraction of sp³-hybridized carbons (Fsp3) is 0.562. The number of halogens is 2. The normalized spacial score (nSPS) is 23.5. The number of carbonyl (C=O) groups is 1. The smallest absolute Gasteiger partial charge is 0.223 e. The van der Waals surface area contributed by atoms with Crippen LogP contribution in [0, 0.1) is 17.6 Å². The summed E-state index contributed by atoms with van der Waals surface area (Å²) in [6.07, 6.45) is 1.72. The lowest BCUT2D eigenvalue weighted by Crippen LogP contribution is -2.44. The standard InChI is InChI=1S/C16H22F2N2O/c1-10(2)9-20-15(21)5-3-4-14(19)16(20)12-8-11(17)6-7-13(12)18/h6-8,10,14,16H,3-5,9,19H2,1-2H3. The van der Waals surface area contributed by atoms with Gasteiger partial charge in [-0.3, -0.25) is 4.79 Å². The largest absolute Gasteiger partial charge is 0.334 e. The highest BCUT2D eigenvalue weighted by Gasteiger charge is 2.34. The van der Waals surface area contributed by atoms with Crippen molar-refractivity contribution >= 4 is 5.91 Å². The molecular weight excluding hydrogens is 274 g/mol. The zero-order chi connectivity index (χ0) is 15.6. The summed E-state index contributed by atoms with van der Waals surface area (Å²) in [5.74, 6) is -0.830. The fourth-order valence-corrected chi connectivity index (χ4v) is 2.93. The van der Waals surface area contributed by atoms with Crippen LogP contribution >= 0.6 is 0 Å². The number of carbonyl (C=O) groups excluding carboxylic acids is 1. The third kappa shape index (κ3) is 3.59. The Balaban J connectivity index is 2.46. The Kier molecular flexibility index (Phi) is 4.93. The molecule has 1 saturated heterocycles. The predicted octanol–water partition coefficient (Wildman–Crippen LogP) is 3.00. The van der Waals surface area contributed by atoms with Crippen molar-refractivity contribution in [3.8, 4) is 0 Å². The molecule has 3 nitrogen and oxygen atoms in total. The Morgan fingerprint density at radius 2 is 2.10 bits per heavy atom. The molecule has 0 saturated carbocycles. The van der Waals surface area contributed by atoms with Crippen LogP contribution in [0.4, 0.5) is 8.78 Å². The highest BCUT2D eigenvalue weighted by atomic mass is 19.1. The maximum absolute atomic E-state index is 14.1. The van der Waals surface area contributed by atoms with Gasteiger partial charge in [-0.2, -0.15) is 0 Å². The molecule has 0 aromatic heterocycles. The van der Waals surface area contributed by atoms with Gasteiger partial charge in [0.25, 0.3) is 0 Å². The molecule has 116 valence electrons. The van der Waals surface area contributed by atoms with Crippen LogP contribution in [0.1, 0.15) is 44.7 Å². The molecular formula is C16H22F2N2O. The first-order valence-electron chi connectivity index (χ1n) is 7.40. The molecule has 0 spiro atoms. The number of nitrogens with zero attached hydrogens (tertiary/aromatic N) is 1. The van der Waals surface area contributed by atoms with Gasteiger partial charge in [0.1, 0.15) is 11.6 Å². The van der Waals surface area contributed by atoms with E-state index in [0.29, 0.717) is 25.8 Å². The molecule has 0 bridgehead atoms. The molecule has 2 N–H and O–H groups in total. The van der Waals surface area contributed by atoms with Crippen LogP contribution < -0.4 is 5.73 Å². The van der Waals surface area contributed by atoms with Gasteiger partial charge >= 0.3 is 0 Å². The molecule has 1 aliphatic heterocycles. The molecule has 1 aromatic carbocycles. The van der Waals surface area contributed by atoms with Crippen LogP contribution in [0.5, 0.6) is 0 Å². The quantitative estimate of drug-likeness (QED) is 0.932. The maximum Gasteiger partial charge on any atom is 0.223 e. The fourth-order valence-electron chi connectivity index (χ4n) is 2.93. The molecule has 0 aliphatic carbocycles. The molecule has 2 unspecified atom stereocenters. The van der Waals surface area contributed by atoms with Gasteiger partial charge in [-0.05, 0) is 37.0 Å². The van der Waals surface area contributed by atoms with E-state index in [9.17, 15) is 13.6 Å². The molecule has 2 atom stereocenters. The topological polar surface area (TPSA) is 46.3 Å². The SMILES string of the molecule is CC(C)CN1C(=O)CCCC(N)C1c1cc(F)ccc1F. The summed E-state index contributed by atoms with van der Waals surface area (Å²) in [5, 5.41) is 0. The van der Waals surface area contributed by atoms with Crippen molar-refractivity contribution in [3.63, 3.8) is 0 Å². The minimum absolute atomic E-state index is 0.0367. The first kappa shape index (κ1) is 15.9. The van der Waals surface area contributed by atoms with E-state index >= 15 is 0 Å². The molecule has 2 rings (SSSR count). The van der Waals surface area contributed by atoms with Crippen LogP contribution in [-0.2, 0) is 4.79 Å². The van der Waals surface area contributed by atoms with E-state index in [-0.39, 0.29) is 23.4 Å². The molecule has 21 heavy (non-hydrogen) atoms. The van der Waals surface area contributed by atoms with Crippen LogP contribution in [0.2, 0.25) is 0 Å². The number of hydrogen-bond donors (Lipinski definition) is 1. The number of nitrogens with two attached hydrogens (primary N) is 1. The monoisotopic (exact) mass is 296 g/mol. The van der Waals surface area contributed by atoms with E-state index in [1.807, 2.05) is 13.8 Å². The van der Waals surface area contributed by atoms with Crippen molar-refractivity contribution in [2.75, 3.05) is 6.54 Å². The van der Waals surface area contributed by atoms with Gasteiger partial charge in [0.2, 0.25) is 5.91 Å². The zero-order valence-corrected chi connectivity index (χ0v) is 12.5. The Morgan fingerprint density at radius 1 is 1.38 bits per heavy atom. The van der Waals surface area contributed by atoms with Gasteiger partial charge in [-0.25, -0.2) is 8.78 Å². The maximum atomic E-state index is 14.1. The van der Waals surface area contributed by atoms with E-state index in [0.717, 1.165) is 18.2 Å². The summed E-state index contributed by atoms with van der Waals surface area (Å²) in [6.45, 7) is 4.47. The third-order valence-corrected chi connectivity index (χ3v) is 3.83. The molecule has 1 fully saturated rings. The van der Waals surface area contributed by atoms with Gasteiger partial charge in [-0.1, -0.05) is 13.8 Å². The number of hydrogen-bond acceptors (Lipinski definition) is 2. The average Bonchev–Trinajstić information content (AvgIpc) is 2.53. The number of benzene rings is 1. The summed E-state index contributed by atoms with van der Waals surface area (Å²) in [4.78, 5) is 14.0. The van der Waals surface area contributed by atoms with Crippen molar-refractivity contribution in [3.05, 3.63) is 35.4 Å². The summed E-state index contributed by atoms with van der Waals surface area (Å²) >= 11 is 0. The van der Waals surface area contributed by atoms with Gasteiger partial charge in [0.05, 0.1) is 6.04 Å². The van der Waals surface area contributed by atoms with E-state index in [4.69, 9.17) is 5.73 Å². The van der Waals surface area contributed by atoms with Gasteiger partial charge in [0.15, 0.2) is 0 Å². The van der Waals surface area contributed by atoms with Crippen LogP contribution in [0.15, 0.2) is 18.2 Å². The van der Waals surface area contributed by atoms with Gasteiger partial charge in [0, 0.05) is 24.6 Å². The first-order chi connectivity index (χ1) is 9.90. The number of likely N-dealkylation sites (tertiary alicyclic amines) is 1. The second kappa shape index (κ2) is 6.52. The molecule has 1 aliphatic rings. The second-order valence-electron chi connectivity index (χ2n) is 6.11. The summed E-state index contributed by atoms with van der Waals surface area (Å²) in [5.41, 5.74) is 6.35. The van der Waals surface area contributed by atoms with Crippen molar-refractivity contribution < 1.29 is 13.6 Å². The lowest BCUT2D eigenvalue weighted by atomic mass is 9.95. The Bertz CT molecular complexity index is 519. The highest BCUT2D eigenvalue weighted by molar-refractivity contribution is 5.77. The lowest BCUT2D eigenvalue weighted by molar-refractivity contribution is -0.133. The average molecular weight is 296 g/mol. The third-order valence-electron chi connectivity index (χ3n) is 3.83. The zero-order valence-electron chi connectivity index (χ0n) is 12.5. The van der Waals surface area contributed by atoms with E-state index in [1.54, 1.807) is 4.90 Å². The highest BCUT2D eigenvalue weighted by Crippen LogP contribution is 2.32. The lowest BCUT2D eigenvalue weighted by Gasteiger charge is -2.35. The Hall–Kier alpha value is -1.49. The van der Waals surface area contributed by atoms with Gasteiger partial charge < -0.3 is 10.6 Å². The summed E-state index contributed by atoms with van der Waals surface area (Å²) in [6, 6.07) is 2.35. The Labute approximate surface area is 124 Å². The van der Waals surface area contributed by atoms with Crippen LogP contribution in [0.3, 0.4) is 0 Å². The van der Waals surface area contributed by atoms with E-state index < -0.39 is 17.7 Å². The van der Waals surface area contributed by atoms with Crippen molar-refractivity contribution in [1.82, 2.24) is 4.90 Å². The second-order valence-corrected chi connectivity index (χ2v) is 6.11. The Morgan fingerprint density at radius 3 is 2.76 bits per heavy atom. The minimum atomic E-state index is -0.599. The van der Waals surface area contributed by atoms with Crippen molar-refractivity contribution in [1.29, 1.82) is 0 Å². The summed E-state index contributed by atoms with van der Waals surface area (Å²) < 4.78 is 27.6. The molecule has 0 radical (unpaired) electrons. The van der Waals surface area contributed by atoms with Crippen molar-refractivity contribution in [2.24, 2.45) is 11.7 Å². The minimum Gasteiger partial charge on any atom is -0.334 e. The molecule has 1 amide bonds. The van der Waals surface area contributed by atoms with Crippen molar-refractivity contribution in [2.45, 2.75) is 45.2 Å². The van der Waals surface area contributed by atoms with Gasteiger partial charge in [-0.15, -0.1) is 0 Å². The summed E-state index contributed by atoms with van der Waals surface area (Å²) in [7, 11) is 0. The first-order valence-corrected chi connectivity index (χ1v) is 7.40. The number of amides is 1. The van der Waals surface area contributed by atoms with E-state index in [2.05, 4.69) is 0 Å². The van der Waals surface area contributed by atoms with Crippen LogP contribution in [0.25, 0.3) is 0 Å². The molecule has 1 aromatic rings. The van der Waals surface area contributed by atoms with Crippen LogP contribution in [-0.4, -0.2) is 23.4 Å². The molecule has 1 heterocycles.